The first-order valence-electron chi connectivity index (χ1n) is 4.41. The van der Waals surface area contributed by atoms with Crippen molar-refractivity contribution in [3.63, 3.8) is 0 Å². The summed E-state index contributed by atoms with van der Waals surface area (Å²) in [7, 11) is 0. The predicted molar refractivity (Wildman–Crippen MR) is 57.0 cm³/mol. The molecule has 0 bridgehead atoms. The maximum atomic E-state index is 5.63. The molecular formula is C10H14ClNO2. The SMILES string of the molecule is CC1(CCN)Oc2ccccc2O1.Cl. The highest BCUT2D eigenvalue weighted by atomic mass is 35.5. The number of nitrogens with two attached hydrogens (primary N) is 1. The van der Waals surface area contributed by atoms with Gasteiger partial charge in [0.25, 0.3) is 0 Å². The molecule has 1 heterocycles. The lowest BCUT2D eigenvalue weighted by Crippen LogP contribution is -2.36. The Labute approximate surface area is 89.6 Å². The average molecular weight is 216 g/mol. The van der Waals surface area contributed by atoms with Gasteiger partial charge >= 0.3 is 0 Å². The maximum absolute atomic E-state index is 5.63. The highest BCUT2D eigenvalue weighted by molar-refractivity contribution is 5.85. The minimum Gasteiger partial charge on any atom is -0.449 e. The number of para-hydroxylation sites is 2. The quantitative estimate of drug-likeness (QED) is 0.820. The van der Waals surface area contributed by atoms with Crippen molar-refractivity contribution >= 4 is 12.4 Å². The van der Waals surface area contributed by atoms with Crippen molar-refractivity contribution in [3.8, 4) is 11.5 Å². The van der Waals surface area contributed by atoms with E-state index in [2.05, 4.69) is 0 Å². The summed E-state index contributed by atoms with van der Waals surface area (Å²) in [5, 5.41) is 0. The van der Waals surface area contributed by atoms with Gasteiger partial charge in [0.1, 0.15) is 0 Å². The minimum absolute atomic E-state index is 0. The molecule has 0 unspecified atom stereocenters. The van der Waals surface area contributed by atoms with Gasteiger partial charge in [-0.3, -0.25) is 0 Å². The first kappa shape index (κ1) is 11.1. The van der Waals surface area contributed by atoms with Crippen LogP contribution in [0.1, 0.15) is 13.3 Å². The van der Waals surface area contributed by atoms with Crippen molar-refractivity contribution in [2.75, 3.05) is 6.54 Å². The van der Waals surface area contributed by atoms with E-state index < -0.39 is 5.79 Å². The molecule has 0 spiro atoms. The Morgan fingerprint density at radius 3 is 2.14 bits per heavy atom. The van der Waals surface area contributed by atoms with E-state index in [9.17, 15) is 0 Å². The summed E-state index contributed by atoms with van der Waals surface area (Å²) in [4.78, 5) is 0. The van der Waals surface area contributed by atoms with Gasteiger partial charge in [-0.05, 0) is 18.7 Å². The van der Waals surface area contributed by atoms with Crippen molar-refractivity contribution in [1.82, 2.24) is 0 Å². The van der Waals surface area contributed by atoms with Gasteiger partial charge in [0.2, 0.25) is 5.79 Å². The molecule has 0 aliphatic carbocycles. The molecule has 2 rings (SSSR count). The Morgan fingerprint density at radius 2 is 1.71 bits per heavy atom. The van der Waals surface area contributed by atoms with Crippen LogP contribution < -0.4 is 15.2 Å². The Hall–Kier alpha value is -0.930. The Balaban J connectivity index is 0.000000980. The lowest BCUT2D eigenvalue weighted by Gasteiger charge is -2.21. The second-order valence-electron chi connectivity index (χ2n) is 3.32. The zero-order valence-corrected chi connectivity index (χ0v) is 8.84. The van der Waals surface area contributed by atoms with Crippen LogP contribution in [0.2, 0.25) is 0 Å². The number of halogens is 1. The van der Waals surface area contributed by atoms with Crippen molar-refractivity contribution in [2.45, 2.75) is 19.1 Å². The molecule has 0 atom stereocenters. The third-order valence-electron chi connectivity index (χ3n) is 2.10. The molecule has 14 heavy (non-hydrogen) atoms. The predicted octanol–water partition coefficient (Wildman–Crippen LogP) is 1.94. The molecule has 1 aliphatic heterocycles. The number of ether oxygens (including phenoxy) is 2. The van der Waals surface area contributed by atoms with Crippen LogP contribution in [0, 0.1) is 0 Å². The Morgan fingerprint density at radius 1 is 1.21 bits per heavy atom. The van der Waals surface area contributed by atoms with E-state index in [-0.39, 0.29) is 12.4 Å². The van der Waals surface area contributed by atoms with Gasteiger partial charge in [0.15, 0.2) is 11.5 Å². The number of benzene rings is 1. The van der Waals surface area contributed by atoms with Crippen LogP contribution in [0.25, 0.3) is 0 Å². The number of rotatable bonds is 2. The minimum atomic E-state index is -0.571. The molecule has 0 saturated heterocycles. The molecule has 1 aliphatic rings. The summed E-state index contributed by atoms with van der Waals surface area (Å²) in [6.45, 7) is 2.46. The molecule has 0 radical (unpaired) electrons. The first-order chi connectivity index (χ1) is 6.23. The fourth-order valence-corrected chi connectivity index (χ4v) is 1.47. The van der Waals surface area contributed by atoms with E-state index in [0.717, 1.165) is 11.5 Å². The molecule has 0 aromatic heterocycles. The van der Waals surface area contributed by atoms with Gasteiger partial charge in [-0.15, -0.1) is 12.4 Å². The zero-order chi connectivity index (χ0) is 9.31. The number of hydrogen-bond donors (Lipinski definition) is 1. The topological polar surface area (TPSA) is 44.5 Å². The van der Waals surface area contributed by atoms with Gasteiger partial charge in [-0.25, -0.2) is 0 Å². The van der Waals surface area contributed by atoms with Gasteiger partial charge in [-0.1, -0.05) is 12.1 Å². The highest BCUT2D eigenvalue weighted by Gasteiger charge is 2.35. The van der Waals surface area contributed by atoms with Gasteiger partial charge in [0, 0.05) is 13.3 Å². The van der Waals surface area contributed by atoms with Crippen LogP contribution in [0.15, 0.2) is 24.3 Å². The first-order valence-corrected chi connectivity index (χ1v) is 4.41. The molecule has 1 aromatic carbocycles. The fraction of sp³-hybridized carbons (Fsp3) is 0.400. The van der Waals surface area contributed by atoms with E-state index >= 15 is 0 Å². The summed E-state index contributed by atoms with van der Waals surface area (Å²) >= 11 is 0. The van der Waals surface area contributed by atoms with Crippen molar-refractivity contribution in [3.05, 3.63) is 24.3 Å². The monoisotopic (exact) mass is 215 g/mol. The van der Waals surface area contributed by atoms with Crippen molar-refractivity contribution in [1.29, 1.82) is 0 Å². The largest absolute Gasteiger partial charge is 0.449 e. The summed E-state index contributed by atoms with van der Waals surface area (Å²) in [5.41, 5.74) is 5.47. The number of fused-ring (bicyclic) bond motifs is 1. The van der Waals surface area contributed by atoms with E-state index in [4.69, 9.17) is 15.2 Å². The van der Waals surface area contributed by atoms with Crippen molar-refractivity contribution < 1.29 is 9.47 Å². The van der Waals surface area contributed by atoms with Crippen LogP contribution in [0.4, 0.5) is 0 Å². The van der Waals surface area contributed by atoms with E-state index in [1.807, 2.05) is 31.2 Å². The molecule has 0 fully saturated rings. The summed E-state index contributed by atoms with van der Waals surface area (Å²) in [6, 6.07) is 7.65. The van der Waals surface area contributed by atoms with Crippen molar-refractivity contribution in [2.24, 2.45) is 5.73 Å². The Bertz CT molecular complexity index is 292. The molecule has 1 aromatic rings. The molecule has 2 N–H and O–H groups in total. The van der Waals surface area contributed by atoms with Gasteiger partial charge in [-0.2, -0.15) is 0 Å². The normalized spacial score (nSPS) is 16.1. The lowest BCUT2D eigenvalue weighted by atomic mass is 10.2. The number of hydrogen-bond acceptors (Lipinski definition) is 3. The molecule has 78 valence electrons. The lowest BCUT2D eigenvalue weighted by molar-refractivity contribution is -0.0657. The third kappa shape index (κ3) is 1.94. The molecule has 0 saturated carbocycles. The molecule has 0 amide bonds. The summed E-state index contributed by atoms with van der Waals surface area (Å²) in [5.74, 6) is 1.04. The van der Waals surface area contributed by atoms with Crippen LogP contribution in [-0.2, 0) is 0 Å². The van der Waals surface area contributed by atoms with E-state index in [1.165, 1.54) is 0 Å². The second-order valence-corrected chi connectivity index (χ2v) is 3.32. The molecule has 4 heteroatoms. The van der Waals surface area contributed by atoms with E-state index in [1.54, 1.807) is 0 Å². The second kappa shape index (κ2) is 4.07. The summed E-state index contributed by atoms with van der Waals surface area (Å²) in [6.07, 6.45) is 0.696. The Kier molecular flexibility index (Phi) is 3.24. The molecule has 3 nitrogen and oxygen atoms in total. The smallest absolute Gasteiger partial charge is 0.250 e. The molecular weight excluding hydrogens is 202 g/mol. The third-order valence-corrected chi connectivity index (χ3v) is 2.10. The maximum Gasteiger partial charge on any atom is 0.250 e. The summed E-state index contributed by atoms with van der Waals surface area (Å²) < 4.78 is 11.3. The van der Waals surface area contributed by atoms with Gasteiger partial charge < -0.3 is 15.2 Å². The van der Waals surface area contributed by atoms with E-state index in [0.29, 0.717) is 13.0 Å². The fourth-order valence-electron chi connectivity index (χ4n) is 1.47. The van der Waals surface area contributed by atoms with Crippen LogP contribution in [-0.4, -0.2) is 12.3 Å². The van der Waals surface area contributed by atoms with Crippen LogP contribution in [0.3, 0.4) is 0 Å². The average Bonchev–Trinajstić information content (AvgIpc) is 2.40. The highest BCUT2D eigenvalue weighted by Crippen LogP contribution is 2.39. The van der Waals surface area contributed by atoms with Gasteiger partial charge in [0.05, 0.1) is 0 Å². The zero-order valence-electron chi connectivity index (χ0n) is 8.03. The standard InChI is InChI=1S/C10H13NO2.ClH/c1-10(6-7-11)12-8-4-2-3-5-9(8)13-10;/h2-5H,6-7,11H2,1H3;1H. The van der Waals surface area contributed by atoms with Crippen LogP contribution >= 0.6 is 12.4 Å². The van der Waals surface area contributed by atoms with Crippen LogP contribution in [0.5, 0.6) is 11.5 Å².